The van der Waals surface area contributed by atoms with Gasteiger partial charge >= 0.3 is 6.03 Å². The summed E-state index contributed by atoms with van der Waals surface area (Å²) >= 11 is 0. The number of hydrogen-bond donors (Lipinski definition) is 2. The number of nitrogens with two attached hydrogens (primary N) is 1. The van der Waals surface area contributed by atoms with E-state index in [-0.39, 0.29) is 11.7 Å². The standard InChI is InChI=1S/C14H19FN4O2/c1-10(17-14(16)21)13(20)19-8-6-18(7-9-19)12-5-3-2-4-11(12)15/h2-5,10H,6-9H2,1H3,(H3,16,17,21). The van der Waals surface area contributed by atoms with E-state index in [1.165, 1.54) is 6.07 Å². The molecule has 21 heavy (non-hydrogen) atoms. The normalized spacial score (nSPS) is 16.5. The molecule has 0 radical (unpaired) electrons. The molecule has 114 valence electrons. The summed E-state index contributed by atoms with van der Waals surface area (Å²) in [4.78, 5) is 26.4. The molecule has 1 fully saturated rings. The maximum atomic E-state index is 13.7. The number of rotatable bonds is 3. The molecule has 3 amide bonds. The van der Waals surface area contributed by atoms with E-state index in [1.807, 2.05) is 4.90 Å². The Kier molecular flexibility index (Phi) is 4.62. The van der Waals surface area contributed by atoms with Crippen LogP contribution in [-0.2, 0) is 4.79 Å². The molecule has 1 aromatic carbocycles. The van der Waals surface area contributed by atoms with Crippen LogP contribution in [-0.4, -0.2) is 49.1 Å². The SMILES string of the molecule is CC(NC(N)=O)C(=O)N1CCN(c2ccccc2F)CC1. The first-order valence-electron chi connectivity index (χ1n) is 6.83. The summed E-state index contributed by atoms with van der Waals surface area (Å²) in [7, 11) is 0. The summed E-state index contributed by atoms with van der Waals surface area (Å²) < 4.78 is 13.7. The highest BCUT2D eigenvalue weighted by atomic mass is 19.1. The molecule has 2 rings (SSSR count). The Morgan fingerprint density at radius 2 is 1.86 bits per heavy atom. The zero-order valence-corrected chi connectivity index (χ0v) is 11.9. The molecule has 0 spiro atoms. The number of benzene rings is 1. The Bertz CT molecular complexity index is 529. The van der Waals surface area contributed by atoms with Crippen LogP contribution in [0.5, 0.6) is 0 Å². The van der Waals surface area contributed by atoms with Gasteiger partial charge < -0.3 is 20.9 Å². The van der Waals surface area contributed by atoms with Crippen LogP contribution in [0.15, 0.2) is 24.3 Å². The van der Waals surface area contributed by atoms with E-state index in [0.717, 1.165) is 0 Å². The van der Waals surface area contributed by atoms with Gasteiger partial charge in [0.2, 0.25) is 5.91 Å². The Morgan fingerprint density at radius 1 is 1.24 bits per heavy atom. The topological polar surface area (TPSA) is 78.7 Å². The van der Waals surface area contributed by atoms with Crippen molar-refractivity contribution in [1.29, 1.82) is 0 Å². The fraction of sp³-hybridized carbons (Fsp3) is 0.429. The van der Waals surface area contributed by atoms with E-state index in [0.29, 0.717) is 31.9 Å². The lowest BCUT2D eigenvalue weighted by atomic mass is 10.2. The number of piperazine rings is 1. The minimum Gasteiger partial charge on any atom is -0.366 e. The zero-order chi connectivity index (χ0) is 15.4. The molecule has 0 aliphatic carbocycles. The van der Waals surface area contributed by atoms with Gasteiger partial charge in [-0.3, -0.25) is 4.79 Å². The molecule has 1 aliphatic heterocycles. The molecule has 7 heteroatoms. The Labute approximate surface area is 122 Å². The van der Waals surface area contributed by atoms with Crippen molar-refractivity contribution >= 4 is 17.6 Å². The molecule has 3 N–H and O–H groups in total. The summed E-state index contributed by atoms with van der Waals surface area (Å²) in [5.74, 6) is -0.442. The van der Waals surface area contributed by atoms with Gasteiger partial charge in [0.1, 0.15) is 11.9 Å². The molecule has 1 heterocycles. The van der Waals surface area contributed by atoms with Gasteiger partial charge in [0.15, 0.2) is 0 Å². The second kappa shape index (κ2) is 6.43. The summed E-state index contributed by atoms with van der Waals surface area (Å²) in [5, 5.41) is 2.37. The van der Waals surface area contributed by atoms with Crippen molar-refractivity contribution in [2.45, 2.75) is 13.0 Å². The highest BCUT2D eigenvalue weighted by Gasteiger charge is 2.26. The quantitative estimate of drug-likeness (QED) is 0.853. The number of hydrogen-bond acceptors (Lipinski definition) is 3. The maximum Gasteiger partial charge on any atom is 0.312 e. The van der Waals surface area contributed by atoms with Crippen LogP contribution in [0.25, 0.3) is 0 Å². The van der Waals surface area contributed by atoms with Crippen LogP contribution in [0, 0.1) is 5.82 Å². The highest BCUT2D eigenvalue weighted by molar-refractivity contribution is 5.86. The lowest BCUT2D eigenvalue weighted by Gasteiger charge is -2.37. The lowest BCUT2D eigenvalue weighted by Crippen LogP contribution is -2.54. The average Bonchev–Trinajstić information content (AvgIpc) is 2.46. The fourth-order valence-corrected chi connectivity index (χ4v) is 2.42. The number of amides is 3. The van der Waals surface area contributed by atoms with Crippen molar-refractivity contribution in [3.8, 4) is 0 Å². The third kappa shape index (κ3) is 3.62. The predicted molar refractivity (Wildman–Crippen MR) is 77.4 cm³/mol. The van der Waals surface area contributed by atoms with Gasteiger partial charge in [0, 0.05) is 26.2 Å². The minimum absolute atomic E-state index is 0.179. The monoisotopic (exact) mass is 294 g/mol. The van der Waals surface area contributed by atoms with Crippen molar-refractivity contribution < 1.29 is 14.0 Å². The van der Waals surface area contributed by atoms with Crippen LogP contribution >= 0.6 is 0 Å². The van der Waals surface area contributed by atoms with Gasteiger partial charge in [-0.25, -0.2) is 9.18 Å². The minimum atomic E-state index is -0.721. The van der Waals surface area contributed by atoms with Crippen LogP contribution in [0.1, 0.15) is 6.92 Å². The second-order valence-electron chi connectivity index (χ2n) is 4.99. The first kappa shape index (κ1) is 15.1. The number of para-hydroxylation sites is 1. The molecule has 0 bridgehead atoms. The first-order valence-corrected chi connectivity index (χ1v) is 6.83. The van der Waals surface area contributed by atoms with Gasteiger partial charge in [-0.2, -0.15) is 0 Å². The van der Waals surface area contributed by atoms with Crippen molar-refractivity contribution in [3.63, 3.8) is 0 Å². The average molecular weight is 294 g/mol. The van der Waals surface area contributed by atoms with Gasteiger partial charge in [0.05, 0.1) is 5.69 Å². The van der Waals surface area contributed by atoms with Crippen molar-refractivity contribution in [2.24, 2.45) is 5.73 Å². The van der Waals surface area contributed by atoms with Gasteiger partial charge in [-0.1, -0.05) is 12.1 Å². The number of carbonyl (C=O) groups excluding carboxylic acids is 2. The Balaban J connectivity index is 1.93. The summed E-state index contributed by atoms with van der Waals surface area (Å²) in [6.07, 6.45) is 0. The van der Waals surface area contributed by atoms with E-state index in [9.17, 15) is 14.0 Å². The molecule has 1 unspecified atom stereocenters. The molecular formula is C14H19FN4O2. The fourth-order valence-electron chi connectivity index (χ4n) is 2.42. The van der Waals surface area contributed by atoms with Crippen LogP contribution in [0.2, 0.25) is 0 Å². The predicted octanol–water partition coefficient (Wildman–Crippen LogP) is 0.531. The van der Waals surface area contributed by atoms with Crippen molar-refractivity contribution in [2.75, 3.05) is 31.1 Å². The number of anilines is 1. The molecule has 0 saturated carbocycles. The number of nitrogens with one attached hydrogen (secondary N) is 1. The lowest BCUT2D eigenvalue weighted by molar-refractivity contribution is -0.133. The summed E-state index contributed by atoms with van der Waals surface area (Å²) in [6, 6.07) is 5.21. The molecule has 0 aromatic heterocycles. The zero-order valence-electron chi connectivity index (χ0n) is 11.9. The first-order chi connectivity index (χ1) is 9.99. The smallest absolute Gasteiger partial charge is 0.312 e. The van der Waals surface area contributed by atoms with Gasteiger partial charge in [-0.15, -0.1) is 0 Å². The second-order valence-corrected chi connectivity index (χ2v) is 4.99. The summed E-state index contributed by atoms with van der Waals surface area (Å²) in [5.41, 5.74) is 5.55. The Morgan fingerprint density at radius 3 is 2.43 bits per heavy atom. The summed E-state index contributed by atoms with van der Waals surface area (Å²) in [6.45, 7) is 3.66. The van der Waals surface area contributed by atoms with E-state index in [1.54, 1.807) is 30.0 Å². The number of carbonyl (C=O) groups is 2. The number of urea groups is 1. The number of nitrogens with zero attached hydrogens (tertiary/aromatic N) is 2. The van der Waals surface area contributed by atoms with Crippen LogP contribution < -0.4 is 16.0 Å². The third-order valence-corrected chi connectivity index (χ3v) is 3.51. The molecule has 6 nitrogen and oxygen atoms in total. The highest BCUT2D eigenvalue weighted by Crippen LogP contribution is 2.20. The van der Waals surface area contributed by atoms with Crippen LogP contribution in [0.4, 0.5) is 14.9 Å². The van der Waals surface area contributed by atoms with E-state index in [2.05, 4.69) is 5.32 Å². The molecule has 1 aliphatic rings. The van der Waals surface area contributed by atoms with Gasteiger partial charge in [-0.05, 0) is 19.1 Å². The molecule has 1 atom stereocenters. The maximum absolute atomic E-state index is 13.7. The third-order valence-electron chi connectivity index (χ3n) is 3.51. The van der Waals surface area contributed by atoms with Crippen LogP contribution in [0.3, 0.4) is 0 Å². The molecule has 1 aromatic rings. The van der Waals surface area contributed by atoms with Crippen molar-refractivity contribution in [3.05, 3.63) is 30.1 Å². The molecule has 1 saturated heterocycles. The van der Waals surface area contributed by atoms with E-state index in [4.69, 9.17) is 5.73 Å². The molecular weight excluding hydrogens is 275 g/mol. The van der Waals surface area contributed by atoms with E-state index < -0.39 is 12.1 Å². The van der Waals surface area contributed by atoms with E-state index >= 15 is 0 Å². The van der Waals surface area contributed by atoms with Crippen molar-refractivity contribution in [1.82, 2.24) is 10.2 Å². The van der Waals surface area contributed by atoms with Gasteiger partial charge in [0.25, 0.3) is 0 Å². The largest absolute Gasteiger partial charge is 0.366 e. The number of halogens is 1. The number of primary amides is 1. The Hall–Kier alpha value is -2.31.